The maximum Gasteiger partial charge on any atom is 0.120 e. The molecule has 0 aliphatic carbocycles. The van der Waals surface area contributed by atoms with Crippen LogP contribution >= 0.6 is 15.9 Å². The zero-order valence-corrected chi connectivity index (χ0v) is 13.7. The van der Waals surface area contributed by atoms with Crippen LogP contribution in [-0.4, -0.2) is 0 Å². The van der Waals surface area contributed by atoms with Gasteiger partial charge in [-0.15, -0.1) is 0 Å². The van der Waals surface area contributed by atoms with Crippen LogP contribution in [-0.2, 0) is 6.61 Å². The summed E-state index contributed by atoms with van der Waals surface area (Å²) < 4.78 is 6.84. The molecule has 0 radical (unpaired) electrons. The van der Waals surface area contributed by atoms with Crippen molar-refractivity contribution in [1.82, 2.24) is 0 Å². The largest absolute Gasteiger partial charge is 0.489 e. The fraction of sp³-hybridized carbons (Fsp3) is 0.294. The van der Waals surface area contributed by atoms with Crippen LogP contribution in [0.25, 0.3) is 0 Å². The number of nitrogen functional groups attached to an aromatic ring is 1. The van der Waals surface area contributed by atoms with Crippen LogP contribution in [0.1, 0.15) is 36.5 Å². The number of benzene rings is 2. The predicted octanol–water partition coefficient (Wildman–Crippen LogP) is 5.04. The number of hydrogen-bond acceptors (Lipinski definition) is 2. The molecule has 0 amide bonds. The highest BCUT2D eigenvalue weighted by Crippen LogP contribution is 2.25. The van der Waals surface area contributed by atoms with Crippen LogP contribution < -0.4 is 10.5 Å². The van der Waals surface area contributed by atoms with Crippen LogP contribution in [0.3, 0.4) is 0 Å². The smallest absolute Gasteiger partial charge is 0.120 e. The van der Waals surface area contributed by atoms with Crippen LogP contribution in [0, 0.1) is 6.92 Å². The summed E-state index contributed by atoms with van der Waals surface area (Å²) in [4.78, 5) is 0. The van der Waals surface area contributed by atoms with Gasteiger partial charge in [0.15, 0.2) is 0 Å². The van der Waals surface area contributed by atoms with Crippen molar-refractivity contribution < 1.29 is 4.74 Å². The van der Waals surface area contributed by atoms with Gasteiger partial charge in [-0.25, -0.2) is 0 Å². The lowest BCUT2D eigenvalue weighted by atomic mass is 9.98. The minimum absolute atomic E-state index is 0.529. The number of hydrogen-bond donors (Lipinski definition) is 1. The van der Waals surface area contributed by atoms with Gasteiger partial charge >= 0.3 is 0 Å². The second kappa shape index (κ2) is 6.31. The first-order valence-corrected chi connectivity index (χ1v) is 7.54. The maximum absolute atomic E-state index is 5.86. The molecule has 0 aliphatic rings. The molecule has 2 aromatic carbocycles. The van der Waals surface area contributed by atoms with E-state index in [1.54, 1.807) is 0 Å². The third kappa shape index (κ3) is 3.54. The normalized spacial score (nSPS) is 10.8. The predicted molar refractivity (Wildman–Crippen MR) is 88.2 cm³/mol. The maximum atomic E-state index is 5.86. The molecule has 0 aromatic heterocycles. The van der Waals surface area contributed by atoms with E-state index >= 15 is 0 Å². The molecule has 2 aromatic rings. The Bertz CT molecular complexity index is 608. The number of anilines is 1. The number of aryl methyl sites for hydroxylation is 1. The summed E-state index contributed by atoms with van der Waals surface area (Å²) >= 11 is 3.51. The molecule has 0 atom stereocenters. The van der Waals surface area contributed by atoms with E-state index in [1.165, 1.54) is 11.1 Å². The summed E-state index contributed by atoms with van der Waals surface area (Å²) in [7, 11) is 0. The van der Waals surface area contributed by atoms with Gasteiger partial charge in [-0.3, -0.25) is 0 Å². The molecule has 0 unspecified atom stereocenters. The lowest BCUT2D eigenvalue weighted by molar-refractivity contribution is 0.305. The zero-order valence-electron chi connectivity index (χ0n) is 12.1. The molecule has 2 rings (SSSR count). The lowest BCUT2D eigenvalue weighted by Gasteiger charge is -2.13. The van der Waals surface area contributed by atoms with E-state index in [2.05, 4.69) is 48.8 Å². The molecule has 0 saturated carbocycles. The molecule has 2 N–H and O–H groups in total. The van der Waals surface area contributed by atoms with Crippen molar-refractivity contribution in [3.63, 3.8) is 0 Å². The third-order valence-corrected chi connectivity index (χ3v) is 4.07. The molecular weight excluding hydrogens is 314 g/mol. The molecule has 106 valence electrons. The van der Waals surface area contributed by atoms with E-state index in [-0.39, 0.29) is 0 Å². The van der Waals surface area contributed by atoms with E-state index in [1.807, 2.05) is 24.3 Å². The van der Waals surface area contributed by atoms with Gasteiger partial charge in [0.2, 0.25) is 0 Å². The van der Waals surface area contributed by atoms with Gasteiger partial charge in [-0.2, -0.15) is 0 Å². The Balaban J connectivity index is 2.09. The minimum Gasteiger partial charge on any atom is -0.489 e. The summed E-state index contributed by atoms with van der Waals surface area (Å²) in [6.45, 7) is 7.06. The Morgan fingerprint density at radius 2 is 1.90 bits per heavy atom. The fourth-order valence-corrected chi connectivity index (χ4v) is 2.74. The van der Waals surface area contributed by atoms with Gasteiger partial charge in [0.1, 0.15) is 12.4 Å². The van der Waals surface area contributed by atoms with Crippen molar-refractivity contribution in [3.05, 3.63) is 57.6 Å². The van der Waals surface area contributed by atoms with Gasteiger partial charge in [-0.1, -0.05) is 41.9 Å². The lowest BCUT2D eigenvalue weighted by Crippen LogP contribution is -1.99. The van der Waals surface area contributed by atoms with E-state index < -0.39 is 0 Å². The van der Waals surface area contributed by atoms with Crippen molar-refractivity contribution in [1.29, 1.82) is 0 Å². The van der Waals surface area contributed by atoms with Crippen molar-refractivity contribution in [2.75, 3.05) is 5.73 Å². The second-order valence-corrected chi connectivity index (χ2v) is 6.17. The summed E-state index contributed by atoms with van der Waals surface area (Å²) in [5.74, 6) is 1.44. The van der Waals surface area contributed by atoms with Gasteiger partial charge in [0.25, 0.3) is 0 Å². The first kappa shape index (κ1) is 14.9. The third-order valence-electron chi connectivity index (χ3n) is 3.33. The molecule has 0 heterocycles. The average Bonchev–Trinajstić information content (AvgIpc) is 2.37. The average molecular weight is 334 g/mol. The first-order valence-electron chi connectivity index (χ1n) is 6.74. The SMILES string of the molecule is Cc1cc(OCc2ccc(N)cc2Br)ccc1C(C)C. The summed E-state index contributed by atoms with van der Waals surface area (Å²) in [6, 6.07) is 12.0. The molecule has 0 spiro atoms. The van der Waals surface area contributed by atoms with Gasteiger partial charge in [0, 0.05) is 15.7 Å². The Labute approximate surface area is 129 Å². The van der Waals surface area contributed by atoms with Crippen LogP contribution in [0.15, 0.2) is 40.9 Å². The van der Waals surface area contributed by atoms with Crippen molar-refractivity contribution in [3.8, 4) is 5.75 Å². The van der Waals surface area contributed by atoms with Crippen molar-refractivity contribution in [2.45, 2.75) is 33.3 Å². The van der Waals surface area contributed by atoms with E-state index in [9.17, 15) is 0 Å². The molecule has 0 saturated heterocycles. The highest BCUT2D eigenvalue weighted by atomic mass is 79.9. The Morgan fingerprint density at radius 3 is 2.50 bits per heavy atom. The van der Waals surface area contributed by atoms with Crippen molar-refractivity contribution in [2.24, 2.45) is 0 Å². The minimum atomic E-state index is 0.529. The second-order valence-electron chi connectivity index (χ2n) is 5.31. The number of ether oxygens (including phenoxy) is 1. The van der Waals surface area contributed by atoms with Gasteiger partial charge in [-0.05, 0) is 48.2 Å². The molecule has 2 nitrogen and oxygen atoms in total. The quantitative estimate of drug-likeness (QED) is 0.795. The first-order chi connectivity index (χ1) is 9.47. The fourth-order valence-electron chi connectivity index (χ4n) is 2.23. The number of rotatable bonds is 4. The molecule has 0 bridgehead atoms. The topological polar surface area (TPSA) is 35.2 Å². The molecule has 0 fully saturated rings. The standard InChI is InChI=1S/C17H20BrNO/c1-11(2)16-7-6-15(8-12(16)3)20-10-13-4-5-14(19)9-17(13)18/h4-9,11H,10,19H2,1-3H3. The summed E-state index contributed by atoms with van der Waals surface area (Å²) in [5, 5.41) is 0. The van der Waals surface area contributed by atoms with E-state index in [0.29, 0.717) is 12.5 Å². The van der Waals surface area contributed by atoms with E-state index in [4.69, 9.17) is 10.5 Å². The molecule has 0 aliphatic heterocycles. The van der Waals surface area contributed by atoms with Crippen LogP contribution in [0.2, 0.25) is 0 Å². The zero-order chi connectivity index (χ0) is 14.7. The van der Waals surface area contributed by atoms with Crippen LogP contribution in [0.5, 0.6) is 5.75 Å². The molecular formula is C17H20BrNO. The van der Waals surface area contributed by atoms with Crippen LogP contribution in [0.4, 0.5) is 5.69 Å². The highest BCUT2D eigenvalue weighted by Gasteiger charge is 2.06. The monoisotopic (exact) mass is 333 g/mol. The Kier molecular flexibility index (Phi) is 4.71. The number of nitrogens with two attached hydrogens (primary N) is 1. The highest BCUT2D eigenvalue weighted by molar-refractivity contribution is 9.10. The van der Waals surface area contributed by atoms with Gasteiger partial charge in [0.05, 0.1) is 0 Å². The summed E-state index contributed by atoms with van der Waals surface area (Å²) in [6.07, 6.45) is 0. The van der Waals surface area contributed by atoms with Crippen molar-refractivity contribution >= 4 is 21.6 Å². The Morgan fingerprint density at radius 1 is 1.15 bits per heavy atom. The Hall–Kier alpha value is -1.48. The molecule has 20 heavy (non-hydrogen) atoms. The number of halogens is 1. The molecule has 3 heteroatoms. The van der Waals surface area contributed by atoms with E-state index in [0.717, 1.165) is 21.5 Å². The summed E-state index contributed by atoms with van der Waals surface area (Å²) in [5.41, 5.74) is 10.2. The van der Waals surface area contributed by atoms with Gasteiger partial charge < -0.3 is 10.5 Å².